The van der Waals surface area contributed by atoms with Gasteiger partial charge in [-0.25, -0.2) is 4.57 Å². The molecule has 0 N–H and O–H groups in total. The summed E-state index contributed by atoms with van der Waals surface area (Å²) in [5, 5.41) is 0. The van der Waals surface area contributed by atoms with Gasteiger partial charge in [0.2, 0.25) is 0 Å². The van der Waals surface area contributed by atoms with Crippen LogP contribution < -0.4 is 4.57 Å². The van der Waals surface area contributed by atoms with Crippen molar-refractivity contribution in [2.24, 2.45) is 0 Å². The van der Waals surface area contributed by atoms with Gasteiger partial charge in [-0.05, 0) is 0 Å². The van der Waals surface area contributed by atoms with Gasteiger partial charge in [0.1, 0.15) is 6.42 Å². The molecule has 0 aliphatic carbocycles. The molecule has 0 amide bonds. The molecule has 0 radical (unpaired) electrons. The van der Waals surface area contributed by atoms with E-state index < -0.39 is 12.6 Å². The van der Waals surface area contributed by atoms with Crippen LogP contribution in [-0.2, 0) is 6.54 Å². The molecule has 5 heteroatoms. The van der Waals surface area contributed by atoms with E-state index in [9.17, 15) is 13.2 Å². The van der Waals surface area contributed by atoms with Crippen LogP contribution in [0.25, 0.3) is 0 Å². The smallest absolute Gasteiger partial charge is 0.252 e. The number of alkyl halides is 3. The molecule has 0 atom stereocenters. The average Bonchev–Trinajstić information content (AvgIpc) is 2.02. The fraction of sp³-hybridized carbons (Fsp3) is 0.429. The van der Waals surface area contributed by atoms with Crippen molar-refractivity contribution in [3.8, 4) is 0 Å². The maximum absolute atomic E-state index is 11.7. The fourth-order valence-electron chi connectivity index (χ4n) is 0.753. The van der Waals surface area contributed by atoms with Crippen LogP contribution in [0.3, 0.4) is 0 Å². The third-order valence-electron chi connectivity index (χ3n) is 1.34. The van der Waals surface area contributed by atoms with Gasteiger partial charge in [0.25, 0.3) is 0 Å². The molecular formula is C7H8F3N2+. The molecule has 66 valence electrons. The summed E-state index contributed by atoms with van der Waals surface area (Å²) in [7, 11) is 0. The van der Waals surface area contributed by atoms with Crippen LogP contribution in [0, 0.1) is 0 Å². The van der Waals surface area contributed by atoms with E-state index >= 15 is 0 Å². The van der Waals surface area contributed by atoms with Gasteiger partial charge in [-0.2, -0.15) is 13.2 Å². The van der Waals surface area contributed by atoms with E-state index in [1.54, 1.807) is 0 Å². The Bertz CT molecular complexity index is 232. The summed E-state index contributed by atoms with van der Waals surface area (Å²) in [4.78, 5) is 3.69. The van der Waals surface area contributed by atoms with Gasteiger partial charge in [0.05, 0.1) is 12.4 Å². The van der Waals surface area contributed by atoms with Gasteiger partial charge in [-0.15, -0.1) is 0 Å². The summed E-state index contributed by atoms with van der Waals surface area (Å²) < 4.78 is 36.6. The zero-order valence-electron chi connectivity index (χ0n) is 6.25. The predicted octanol–water partition coefficient (Wildman–Crippen LogP) is 1.32. The highest BCUT2D eigenvalue weighted by Crippen LogP contribution is 2.18. The summed E-state index contributed by atoms with van der Waals surface area (Å²) in [5.41, 5.74) is 0. The lowest BCUT2D eigenvalue weighted by atomic mass is 10.4. The Labute approximate surface area is 67.7 Å². The number of hydrogen-bond acceptors (Lipinski definition) is 1. The SMILES string of the molecule is FC(F)(F)CC[n+]1ccncc1. The molecule has 0 saturated carbocycles. The molecule has 12 heavy (non-hydrogen) atoms. The molecule has 0 unspecified atom stereocenters. The van der Waals surface area contributed by atoms with E-state index in [0.717, 1.165) is 0 Å². The average molecular weight is 177 g/mol. The molecule has 0 fully saturated rings. The van der Waals surface area contributed by atoms with Crippen LogP contribution in [0.5, 0.6) is 0 Å². The van der Waals surface area contributed by atoms with Crippen LogP contribution in [0.2, 0.25) is 0 Å². The van der Waals surface area contributed by atoms with E-state index in [1.165, 1.54) is 29.4 Å². The Hall–Kier alpha value is -1.13. The summed E-state index contributed by atoms with van der Waals surface area (Å²) in [6, 6.07) is 0. The van der Waals surface area contributed by atoms with Crippen molar-refractivity contribution in [2.45, 2.75) is 19.1 Å². The van der Waals surface area contributed by atoms with Gasteiger partial charge < -0.3 is 0 Å². The van der Waals surface area contributed by atoms with Crippen LogP contribution >= 0.6 is 0 Å². The molecule has 0 aliphatic rings. The predicted molar refractivity (Wildman–Crippen MR) is 35.1 cm³/mol. The molecule has 0 spiro atoms. The molecule has 0 bridgehead atoms. The number of hydrogen-bond donors (Lipinski definition) is 0. The van der Waals surface area contributed by atoms with Gasteiger partial charge in [0, 0.05) is 0 Å². The largest absolute Gasteiger partial charge is 0.395 e. The van der Waals surface area contributed by atoms with Crippen molar-refractivity contribution >= 4 is 0 Å². The van der Waals surface area contributed by atoms with Gasteiger partial charge in [-0.3, -0.25) is 4.98 Å². The third kappa shape index (κ3) is 3.32. The Morgan fingerprint density at radius 1 is 1.17 bits per heavy atom. The number of rotatable bonds is 2. The number of aryl methyl sites for hydroxylation is 1. The summed E-state index contributed by atoms with van der Waals surface area (Å²) in [5.74, 6) is 0. The van der Waals surface area contributed by atoms with E-state index in [0.29, 0.717) is 0 Å². The highest BCUT2D eigenvalue weighted by molar-refractivity contribution is 4.63. The molecule has 1 rings (SSSR count). The first kappa shape index (κ1) is 8.96. The van der Waals surface area contributed by atoms with E-state index in [1.807, 2.05) is 0 Å². The van der Waals surface area contributed by atoms with Gasteiger partial charge in [0.15, 0.2) is 18.9 Å². The lowest BCUT2D eigenvalue weighted by Gasteiger charge is -2.01. The summed E-state index contributed by atoms with van der Waals surface area (Å²) in [6.07, 6.45) is 1.03. The van der Waals surface area contributed by atoms with Gasteiger partial charge in [-0.1, -0.05) is 0 Å². The van der Waals surface area contributed by atoms with Crippen molar-refractivity contribution in [3.05, 3.63) is 24.8 Å². The standard InChI is InChI=1S/C7H8F3N2/c8-7(9,10)1-4-12-5-2-11-3-6-12/h2-3,5-6H,1,4H2/q+1. The quantitative estimate of drug-likeness (QED) is 0.622. The van der Waals surface area contributed by atoms with Crippen molar-refractivity contribution < 1.29 is 17.7 Å². The first-order valence-corrected chi connectivity index (χ1v) is 3.44. The first-order valence-electron chi connectivity index (χ1n) is 3.44. The highest BCUT2D eigenvalue weighted by Gasteiger charge is 2.28. The lowest BCUT2D eigenvalue weighted by Crippen LogP contribution is -2.35. The van der Waals surface area contributed by atoms with Crippen LogP contribution in [0.15, 0.2) is 24.8 Å². The minimum absolute atomic E-state index is 0.0496. The third-order valence-corrected chi connectivity index (χ3v) is 1.34. The Kier molecular flexibility index (Phi) is 2.62. The minimum Gasteiger partial charge on any atom is -0.252 e. The first-order chi connectivity index (χ1) is 5.58. The second-order valence-corrected chi connectivity index (χ2v) is 2.35. The molecule has 1 heterocycles. The molecule has 2 nitrogen and oxygen atoms in total. The maximum Gasteiger partial charge on any atom is 0.395 e. The van der Waals surface area contributed by atoms with Crippen molar-refractivity contribution in [1.29, 1.82) is 0 Å². The summed E-state index contributed by atoms with van der Waals surface area (Å²) >= 11 is 0. The topological polar surface area (TPSA) is 16.8 Å². The monoisotopic (exact) mass is 177 g/mol. The van der Waals surface area contributed by atoms with Crippen LogP contribution in [-0.4, -0.2) is 11.2 Å². The molecule has 0 aromatic carbocycles. The molecule has 0 aliphatic heterocycles. The van der Waals surface area contributed by atoms with Crippen molar-refractivity contribution in [3.63, 3.8) is 0 Å². The fourth-order valence-corrected chi connectivity index (χ4v) is 0.753. The van der Waals surface area contributed by atoms with E-state index in [4.69, 9.17) is 0 Å². The molecule has 1 aromatic rings. The van der Waals surface area contributed by atoms with Crippen molar-refractivity contribution in [1.82, 2.24) is 4.98 Å². The lowest BCUT2D eigenvalue weighted by molar-refractivity contribution is -0.700. The Morgan fingerprint density at radius 2 is 1.75 bits per heavy atom. The highest BCUT2D eigenvalue weighted by atomic mass is 19.4. The zero-order chi connectivity index (χ0) is 9.03. The van der Waals surface area contributed by atoms with Crippen molar-refractivity contribution in [2.75, 3.05) is 0 Å². The van der Waals surface area contributed by atoms with E-state index in [2.05, 4.69) is 4.98 Å². The molecule has 1 aromatic heterocycles. The van der Waals surface area contributed by atoms with Gasteiger partial charge >= 0.3 is 6.18 Å². The van der Waals surface area contributed by atoms with Crippen LogP contribution in [0.4, 0.5) is 13.2 Å². The van der Waals surface area contributed by atoms with Crippen LogP contribution in [0.1, 0.15) is 6.42 Å². The maximum atomic E-state index is 11.7. The Morgan fingerprint density at radius 3 is 2.25 bits per heavy atom. The molecule has 0 saturated heterocycles. The number of nitrogens with zero attached hydrogens (tertiary/aromatic N) is 2. The zero-order valence-corrected chi connectivity index (χ0v) is 6.25. The van der Waals surface area contributed by atoms with E-state index in [-0.39, 0.29) is 6.54 Å². The number of halogens is 3. The molecular weight excluding hydrogens is 169 g/mol. The summed E-state index contributed by atoms with van der Waals surface area (Å²) in [6.45, 7) is -0.0496. The Balaban J connectivity index is 2.44. The minimum atomic E-state index is -4.09. The normalized spacial score (nSPS) is 11.6. The number of aromatic nitrogens is 2. The second-order valence-electron chi connectivity index (χ2n) is 2.35. The second kappa shape index (κ2) is 3.51.